The number of hydrogen-bond donors (Lipinski definition) is 1. The van der Waals surface area contributed by atoms with Crippen LogP contribution in [0.2, 0.25) is 0 Å². The minimum absolute atomic E-state index is 0.0772. The third-order valence-electron chi connectivity index (χ3n) is 2.23. The minimum atomic E-state index is -1.47. The number of aromatic nitrogens is 1. The van der Waals surface area contributed by atoms with Crippen molar-refractivity contribution < 1.29 is 13.2 Å². The molecule has 17 heavy (non-hydrogen) atoms. The SMILES string of the molecule is CC(Nc1ccc(F)c(F)c1F)c1nccs1. The van der Waals surface area contributed by atoms with Crippen molar-refractivity contribution in [2.75, 3.05) is 5.32 Å². The highest BCUT2D eigenvalue weighted by Gasteiger charge is 2.16. The molecule has 0 saturated heterocycles. The number of thiazole rings is 1. The summed E-state index contributed by atoms with van der Waals surface area (Å²) in [6, 6.07) is 1.78. The molecule has 1 aromatic heterocycles. The van der Waals surface area contributed by atoms with Gasteiger partial charge in [-0.05, 0) is 19.1 Å². The van der Waals surface area contributed by atoms with Gasteiger partial charge < -0.3 is 5.32 Å². The molecule has 0 amide bonds. The smallest absolute Gasteiger partial charge is 0.196 e. The van der Waals surface area contributed by atoms with Crippen molar-refractivity contribution in [3.8, 4) is 0 Å². The van der Waals surface area contributed by atoms with E-state index in [2.05, 4.69) is 10.3 Å². The van der Waals surface area contributed by atoms with Gasteiger partial charge in [-0.2, -0.15) is 0 Å². The van der Waals surface area contributed by atoms with Crippen molar-refractivity contribution in [2.24, 2.45) is 0 Å². The Morgan fingerprint density at radius 1 is 1.24 bits per heavy atom. The number of hydrogen-bond acceptors (Lipinski definition) is 3. The highest BCUT2D eigenvalue weighted by molar-refractivity contribution is 7.09. The number of nitrogens with one attached hydrogen (secondary N) is 1. The molecule has 0 aliphatic rings. The van der Waals surface area contributed by atoms with Crippen LogP contribution in [-0.2, 0) is 0 Å². The predicted octanol–water partition coefficient (Wildman–Crippen LogP) is 3.73. The molecule has 1 unspecified atom stereocenters. The monoisotopic (exact) mass is 258 g/mol. The van der Waals surface area contributed by atoms with Crippen LogP contribution < -0.4 is 5.32 Å². The molecule has 0 aliphatic heterocycles. The van der Waals surface area contributed by atoms with Gasteiger partial charge in [0.1, 0.15) is 5.01 Å². The Hall–Kier alpha value is -1.56. The lowest BCUT2D eigenvalue weighted by Crippen LogP contribution is -2.09. The van der Waals surface area contributed by atoms with Crippen molar-refractivity contribution in [1.29, 1.82) is 0 Å². The zero-order valence-corrected chi connectivity index (χ0v) is 9.69. The molecular weight excluding hydrogens is 249 g/mol. The lowest BCUT2D eigenvalue weighted by atomic mass is 10.2. The zero-order valence-electron chi connectivity index (χ0n) is 8.88. The Kier molecular flexibility index (Phi) is 3.33. The van der Waals surface area contributed by atoms with Gasteiger partial charge in [-0.3, -0.25) is 0 Å². The van der Waals surface area contributed by atoms with Crippen LogP contribution in [0.4, 0.5) is 18.9 Å². The summed E-state index contributed by atoms with van der Waals surface area (Å²) in [7, 11) is 0. The van der Waals surface area contributed by atoms with E-state index in [4.69, 9.17) is 0 Å². The summed E-state index contributed by atoms with van der Waals surface area (Å²) in [5.74, 6) is -3.88. The molecule has 0 fully saturated rings. The van der Waals surface area contributed by atoms with Crippen LogP contribution in [0.1, 0.15) is 18.0 Å². The molecule has 0 spiro atoms. The standard InChI is InChI=1S/C11H9F3N2S/c1-6(11-15-4-5-17-11)16-8-3-2-7(12)9(13)10(8)14/h2-6,16H,1H3. The summed E-state index contributed by atoms with van der Waals surface area (Å²) in [4.78, 5) is 4.05. The number of benzene rings is 1. The van der Waals surface area contributed by atoms with Crippen LogP contribution in [0.25, 0.3) is 0 Å². The Bertz CT molecular complexity index is 514. The fraction of sp³-hybridized carbons (Fsp3) is 0.182. The Morgan fingerprint density at radius 3 is 2.65 bits per heavy atom. The van der Waals surface area contributed by atoms with Gasteiger partial charge in [0.05, 0.1) is 11.7 Å². The molecule has 90 valence electrons. The second kappa shape index (κ2) is 4.75. The van der Waals surface area contributed by atoms with E-state index >= 15 is 0 Å². The summed E-state index contributed by atoms with van der Waals surface area (Å²) >= 11 is 1.40. The Balaban J connectivity index is 2.22. The van der Waals surface area contributed by atoms with Gasteiger partial charge >= 0.3 is 0 Å². The first kappa shape index (κ1) is 11.9. The van der Waals surface area contributed by atoms with Crippen LogP contribution >= 0.6 is 11.3 Å². The molecule has 1 atom stereocenters. The van der Waals surface area contributed by atoms with Gasteiger partial charge in [0, 0.05) is 11.6 Å². The summed E-state index contributed by atoms with van der Waals surface area (Å²) < 4.78 is 39.1. The predicted molar refractivity (Wildman–Crippen MR) is 60.5 cm³/mol. The fourth-order valence-corrected chi connectivity index (χ4v) is 2.03. The molecule has 0 bridgehead atoms. The van der Waals surface area contributed by atoms with Crippen LogP contribution in [-0.4, -0.2) is 4.98 Å². The second-order valence-electron chi connectivity index (χ2n) is 3.46. The van der Waals surface area contributed by atoms with Crippen molar-refractivity contribution >= 4 is 17.0 Å². The number of rotatable bonds is 3. The molecule has 2 rings (SSSR count). The summed E-state index contributed by atoms with van der Waals surface area (Å²) in [6.45, 7) is 1.76. The maximum Gasteiger partial charge on any atom is 0.196 e. The van der Waals surface area contributed by atoms with Gasteiger partial charge in [-0.1, -0.05) is 0 Å². The molecule has 0 aliphatic carbocycles. The van der Waals surface area contributed by atoms with Gasteiger partial charge in [0.25, 0.3) is 0 Å². The lowest BCUT2D eigenvalue weighted by molar-refractivity contribution is 0.448. The first-order valence-electron chi connectivity index (χ1n) is 4.89. The van der Waals surface area contributed by atoms with Crippen LogP contribution in [0, 0.1) is 17.5 Å². The van der Waals surface area contributed by atoms with Crippen LogP contribution in [0.15, 0.2) is 23.7 Å². The van der Waals surface area contributed by atoms with Gasteiger partial charge in [0.15, 0.2) is 17.5 Å². The number of anilines is 1. The van der Waals surface area contributed by atoms with E-state index < -0.39 is 17.5 Å². The van der Waals surface area contributed by atoms with E-state index in [1.807, 2.05) is 0 Å². The molecule has 0 radical (unpaired) electrons. The van der Waals surface area contributed by atoms with Crippen molar-refractivity contribution in [3.63, 3.8) is 0 Å². The van der Waals surface area contributed by atoms with E-state index in [0.717, 1.165) is 17.1 Å². The average Bonchev–Trinajstić information content (AvgIpc) is 2.83. The lowest BCUT2D eigenvalue weighted by Gasteiger charge is -2.13. The molecule has 0 saturated carbocycles. The van der Waals surface area contributed by atoms with Crippen molar-refractivity contribution in [1.82, 2.24) is 4.98 Å². The fourth-order valence-electron chi connectivity index (χ4n) is 1.38. The summed E-state index contributed by atoms with van der Waals surface area (Å²) in [5, 5.41) is 5.28. The van der Waals surface area contributed by atoms with E-state index in [-0.39, 0.29) is 11.7 Å². The Morgan fingerprint density at radius 2 is 2.00 bits per heavy atom. The minimum Gasteiger partial charge on any atom is -0.374 e. The molecule has 1 aromatic carbocycles. The van der Waals surface area contributed by atoms with Gasteiger partial charge in [-0.15, -0.1) is 11.3 Å². The van der Waals surface area contributed by atoms with Crippen molar-refractivity contribution in [2.45, 2.75) is 13.0 Å². The van der Waals surface area contributed by atoms with E-state index in [9.17, 15) is 13.2 Å². The van der Waals surface area contributed by atoms with E-state index in [1.54, 1.807) is 18.5 Å². The highest BCUT2D eigenvalue weighted by atomic mass is 32.1. The zero-order chi connectivity index (χ0) is 12.4. The molecule has 2 nitrogen and oxygen atoms in total. The first-order chi connectivity index (χ1) is 8.09. The molecule has 2 aromatic rings. The molecule has 6 heteroatoms. The van der Waals surface area contributed by atoms with Crippen LogP contribution in [0.5, 0.6) is 0 Å². The van der Waals surface area contributed by atoms with Gasteiger partial charge in [0.2, 0.25) is 0 Å². The number of nitrogens with zero attached hydrogens (tertiary/aromatic N) is 1. The summed E-state index contributed by atoms with van der Waals surface area (Å²) in [6.07, 6.45) is 1.62. The topological polar surface area (TPSA) is 24.9 Å². The molecule has 1 N–H and O–H groups in total. The third kappa shape index (κ3) is 2.41. The highest BCUT2D eigenvalue weighted by Crippen LogP contribution is 2.25. The molecular formula is C11H9F3N2S. The average molecular weight is 258 g/mol. The normalized spacial score (nSPS) is 12.5. The largest absolute Gasteiger partial charge is 0.374 e. The van der Waals surface area contributed by atoms with E-state index in [1.165, 1.54) is 11.3 Å². The third-order valence-corrected chi connectivity index (χ3v) is 3.19. The molecule has 1 heterocycles. The van der Waals surface area contributed by atoms with Gasteiger partial charge in [-0.25, -0.2) is 18.2 Å². The second-order valence-corrected chi connectivity index (χ2v) is 4.39. The number of halogens is 3. The van der Waals surface area contributed by atoms with Crippen LogP contribution in [0.3, 0.4) is 0 Å². The quantitative estimate of drug-likeness (QED) is 0.848. The van der Waals surface area contributed by atoms with E-state index in [0.29, 0.717) is 0 Å². The maximum atomic E-state index is 13.4. The van der Waals surface area contributed by atoms with Crippen molar-refractivity contribution in [3.05, 3.63) is 46.2 Å². The summed E-state index contributed by atoms with van der Waals surface area (Å²) in [5.41, 5.74) is -0.0772. The first-order valence-corrected chi connectivity index (χ1v) is 5.77. The Labute approximate surface area is 100 Å². The maximum absolute atomic E-state index is 13.4.